The van der Waals surface area contributed by atoms with Crippen molar-refractivity contribution in [3.63, 3.8) is 0 Å². The lowest BCUT2D eigenvalue weighted by Gasteiger charge is -2.28. The number of nitrogens with two attached hydrogens (primary N) is 1. The lowest BCUT2D eigenvalue weighted by molar-refractivity contribution is 0.655. The van der Waals surface area contributed by atoms with Crippen molar-refractivity contribution in [2.45, 2.75) is 33.2 Å². The second kappa shape index (κ2) is 5.44. The highest BCUT2D eigenvalue weighted by atomic mass is 15.3. The number of nitrogens with zero attached hydrogens (tertiary/aromatic N) is 3. The monoisotopic (exact) mass is 221 g/mol. The van der Waals surface area contributed by atoms with E-state index in [0.717, 1.165) is 13.0 Å². The third-order valence-corrected chi connectivity index (χ3v) is 2.35. The van der Waals surface area contributed by atoms with E-state index in [9.17, 15) is 0 Å². The lowest BCUT2D eigenvalue weighted by atomic mass is 10.2. The Hall–Kier alpha value is -1.65. The number of hydrogen-bond acceptors (Lipinski definition) is 4. The molecule has 0 atom stereocenters. The van der Waals surface area contributed by atoms with Crippen LogP contribution in [-0.4, -0.2) is 28.6 Å². The van der Waals surface area contributed by atoms with Crippen molar-refractivity contribution in [1.82, 2.24) is 10.2 Å². The first-order chi connectivity index (χ1) is 7.57. The van der Waals surface area contributed by atoms with Gasteiger partial charge in [-0.1, -0.05) is 6.92 Å². The topological polar surface area (TPSA) is 78.9 Å². The summed E-state index contributed by atoms with van der Waals surface area (Å²) in [5, 5.41) is 15.5. The summed E-state index contributed by atoms with van der Waals surface area (Å²) < 4.78 is 0. The van der Waals surface area contributed by atoms with Gasteiger partial charge in [-0.2, -0.15) is 5.10 Å². The molecule has 0 bridgehead atoms. The zero-order valence-corrected chi connectivity index (χ0v) is 10.1. The maximum Gasteiger partial charge on any atom is 0.162 e. The number of amidine groups is 1. The van der Waals surface area contributed by atoms with Crippen LogP contribution in [0.4, 0.5) is 5.82 Å². The molecule has 1 aromatic heterocycles. The van der Waals surface area contributed by atoms with Gasteiger partial charge in [0.1, 0.15) is 5.84 Å². The Morgan fingerprint density at radius 1 is 1.56 bits per heavy atom. The Morgan fingerprint density at radius 3 is 2.75 bits per heavy atom. The normalized spacial score (nSPS) is 10.5. The van der Waals surface area contributed by atoms with Crippen molar-refractivity contribution < 1.29 is 0 Å². The van der Waals surface area contributed by atoms with E-state index in [1.165, 1.54) is 0 Å². The highest BCUT2D eigenvalue weighted by Crippen LogP contribution is 2.18. The summed E-state index contributed by atoms with van der Waals surface area (Å²) in [6, 6.07) is 2.05. The largest absolute Gasteiger partial charge is 0.384 e. The summed E-state index contributed by atoms with van der Waals surface area (Å²) in [6.45, 7) is 7.18. The summed E-state index contributed by atoms with van der Waals surface area (Å²) in [4.78, 5) is 2.11. The second-order valence-electron chi connectivity index (χ2n) is 3.97. The molecule has 0 saturated heterocycles. The van der Waals surface area contributed by atoms with Gasteiger partial charge in [-0.05, 0) is 26.3 Å². The molecule has 0 aromatic carbocycles. The van der Waals surface area contributed by atoms with E-state index < -0.39 is 0 Å². The van der Waals surface area contributed by atoms with Crippen LogP contribution in [0.5, 0.6) is 0 Å². The van der Waals surface area contributed by atoms with E-state index in [4.69, 9.17) is 11.1 Å². The van der Waals surface area contributed by atoms with Gasteiger partial charge in [0.15, 0.2) is 5.82 Å². The SMILES string of the molecule is CCCN(c1nnccc1C(=N)N)C(C)C. The molecule has 1 heterocycles. The van der Waals surface area contributed by atoms with Gasteiger partial charge in [-0.3, -0.25) is 5.41 Å². The average Bonchev–Trinajstić information content (AvgIpc) is 2.25. The van der Waals surface area contributed by atoms with Crippen molar-refractivity contribution in [2.75, 3.05) is 11.4 Å². The van der Waals surface area contributed by atoms with Crippen molar-refractivity contribution in [2.24, 2.45) is 5.73 Å². The van der Waals surface area contributed by atoms with Crippen LogP contribution in [0.3, 0.4) is 0 Å². The molecular formula is C11H19N5. The molecule has 0 aliphatic carbocycles. The number of anilines is 1. The lowest BCUT2D eigenvalue weighted by Crippen LogP contribution is -2.34. The fraction of sp³-hybridized carbons (Fsp3) is 0.545. The van der Waals surface area contributed by atoms with E-state index in [1.807, 2.05) is 0 Å². The van der Waals surface area contributed by atoms with E-state index in [2.05, 4.69) is 35.9 Å². The minimum Gasteiger partial charge on any atom is -0.384 e. The smallest absolute Gasteiger partial charge is 0.162 e. The second-order valence-corrected chi connectivity index (χ2v) is 3.97. The number of nitrogen functional groups attached to an aromatic ring is 1. The molecule has 0 saturated carbocycles. The van der Waals surface area contributed by atoms with Gasteiger partial charge in [-0.15, -0.1) is 5.10 Å². The minimum absolute atomic E-state index is 0.0339. The maximum absolute atomic E-state index is 7.53. The van der Waals surface area contributed by atoms with Gasteiger partial charge in [-0.25, -0.2) is 0 Å². The zero-order chi connectivity index (χ0) is 12.1. The van der Waals surface area contributed by atoms with Crippen LogP contribution in [0.1, 0.15) is 32.8 Å². The highest BCUT2D eigenvalue weighted by Gasteiger charge is 2.16. The third kappa shape index (κ3) is 2.68. The zero-order valence-electron chi connectivity index (χ0n) is 10.1. The maximum atomic E-state index is 7.53. The summed E-state index contributed by atoms with van der Waals surface area (Å²) in [7, 11) is 0. The molecule has 5 nitrogen and oxygen atoms in total. The van der Waals surface area contributed by atoms with Gasteiger partial charge < -0.3 is 10.6 Å². The van der Waals surface area contributed by atoms with E-state index in [1.54, 1.807) is 12.3 Å². The van der Waals surface area contributed by atoms with Crippen LogP contribution in [0.15, 0.2) is 12.3 Å². The van der Waals surface area contributed by atoms with Crippen LogP contribution in [0.2, 0.25) is 0 Å². The first-order valence-electron chi connectivity index (χ1n) is 5.50. The number of nitrogens with one attached hydrogen (secondary N) is 1. The molecular weight excluding hydrogens is 202 g/mol. The fourth-order valence-electron chi connectivity index (χ4n) is 1.60. The molecule has 0 aliphatic rings. The number of hydrogen-bond donors (Lipinski definition) is 2. The summed E-state index contributed by atoms with van der Waals surface area (Å²) in [5.74, 6) is 0.735. The molecule has 0 aliphatic heterocycles. The van der Waals surface area contributed by atoms with Gasteiger partial charge >= 0.3 is 0 Å². The van der Waals surface area contributed by atoms with Crippen LogP contribution >= 0.6 is 0 Å². The first-order valence-corrected chi connectivity index (χ1v) is 5.50. The summed E-state index contributed by atoms with van der Waals surface area (Å²) >= 11 is 0. The molecule has 16 heavy (non-hydrogen) atoms. The molecule has 1 aromatic rings. The van der Waals surface area contributed by atoms with Gasteiger partial charge in [0.2, 0.25) is 0 Å². The van der Waals surface area contributed by atoms with Crippen LogP contribution in [0, 0.1) is 5.41 Å². The predicted molar refractivity (Wildman–Crippen MR) is 65.8 cm³/mol. The third-order valence-electron chi connectivity index (χ3n) is 2.35. The van der Waals surface area contributed by atoms with Crippen molar-refractivity contribution in [1.29, 1.82) is 5.41 Å². The molecule has 0 fully saturated rings. The van der Waals surface area contributed by atoms with E-state index in [0.29, 0.717) is 17.4 Å². The van der Waals surface area contributed by atoms with Crippen LogP contribution in [-0.2, 0) is 0 Å². The first kappa shape index (κ1) is 12.4. The minimum atomic E-state index is 0.0339. The van der Waals surface area contributed by atoms with Gasteiger partial charge in [0.25, 0.3) is 0 Å². The Balaban J connectivity index is 3.12. The summed E-state index contributed by atoms with van der Waals surface area (Å²) in [5.41, 5.74) is 6.19. The van der Waals surface area contributed by atoms with Crippen LogP contribution in [0.25, 0.3) is 0 Å². The van der Waals surface area contributed by atoms with Crippen molar-refractivity contribution >= 4 is 11.7 Å². The van der Waals surface area contributed by atoms with E-state index >= 15 is 0 Å². The Bertz CT molecular complexity index is 361. The summed E-state index contributed by atoms with van der Waals surface area (Å²) in [6.07, 6.45) is 2.58. The highest BCUT2D eigenvalue weighted by molar-refractivity contribution is 5.99. The van der Waals surface area contributed by atoms with Gasteiger partial charge in [0, 0.05) is 12.6 Å². The molecule has 0 amide bonds. The van der Waals surface area contributed by atoms with Crippen LogP contribution < -0.4 is 10.6 Å². The van der Waals surface area contributed by atoms with Crippen molar-refractivity contribution in [3.05, 3.63) is 17.8 Å². The van der Waals surface area contributed by atoms with Crippen molar-refractivity contribution in [3.8, 4) is 0 Å². The number of rotatable bonds is 5. The average molecular weight is 221 g/mol. The van der Waals surface area contributed by atoms with Gasteiger partial charge in [0.05, 0.1) is 11.8 Å². The quantitative estimate of drug-likeness (QED) is 0.581. The molecule has 3 N–H and O–H groups in total. The van der Waals surface area contributed by atoms with E-state index in [-0.39, 0.29) is 5.84 Å². The molecule has 0 unspecified atom stereocenters. The molecule has 5 heteroatoms. The standard InChI is InChI=1S/C11H19N5/c1-4-7-16(8(2)3)11-9(10(12)13)5-6-14-15-11/h5-6,8H,4,7H2,1-3H3,(H3,12,13). The molecule has 0 spiro atoms. The Morgan fingerprint density at radius 2 is 2.25 bits per heavy atom. The predicted octanol–water partition coefficient (Wildman–Crippen LogP) is 1.39. The molecule has 1 rings (SSSR count). The Labute approximate surface area is 96.2 Å². The fourth-order valence-corrected chi connectivity index (χ4v) is 1.60. The Kier molecular flexibility index (Phi) is 4.22. The molecule has 88 valence electrons. The number of aromatic nitrogens is 2. The molecule has 0 radical (unpaired) electrons.